The molecule has 0 unspecified atom stereocenters. The molecule has 0 aromatic heterocycles. The van der Waals surface area contributed by atoms with E-state index in [9.17, 15) is 15.2 Å². The number of ether oxygens (including phenoxy) is 1. The number of likely N-dealkylation sites (tertiary alicyclic amines) is 1. The molecule has 1 aromatic rings. The first kappa shape index (κ1) is 20.1. The van der Waals surface area contributed by atoms with E-state index >= 15 is 0 Å². The van der Waals surface area contributed by atoms with Crippen LogP contribution < -0.4 is 0 Å². The quantitative estimate of drug-likeness (QED) is 0.827. The smallest absolute Gasteiger partial charge is 0.238 e. The summed E-state index contributed by atoms with van der Waals surface area (Å²) in [7, 11) is 0. The predicted molar refractivity (Wildman–Crippen MR) is 110 cm³/mol. The van der Waals surface area contributed by atoms with Gasteiger partial charge in [0.15, 0.2) is 0 Å². The minimum absolute atomic E-state index is 0.0805. The third kappa shape index (κ3) is 3.95. The molecule has 6 heteroatoms. The Morgan fingerprint density at radius 2 is 2.03 bits per heavy atom. The second kappa shape index (κ2) is 9.08. The number of morpholine rings is 1. The van der Waals surface area contributed by atoms with Crippen LogP contribution >= 0.6 is 0 Å². The first-order valence-corrected chi connectivity index (χ1v) is 10.6. The number of aliphatic hydroxyl groups excluding tert-OH is 1. The molecule has 0 saturated carbocycles. The standard InChI is InChI=1S/C23H29N3O3/c24-14-20-23(19-9-5-4-8-18(19)17-6-2-1-3-7-17)21(16-27)26(20)22(28)15-25-10-12-29-13-11-25/h4-6,8-9,20-21,23,27H,1-3,7,10-13,15-16H2/t20-,21-,23+/m0/s1. The Morgan fingerprint density at radius 3 is 2.72 bits per heavy atom. The van der Waals surface area contributed by atoms with Gasteiger partial charge in [-0.25, -0.2) is 0 Å². The number of amides is 1. The molecule has 6 nitrogen and oxygen atoms in total. The molecule has 0 spiro atoms. The summed E-state index contributed by atoms with van der Waals surface area (Å²) in [6.07, 6.45) is 6.84. The van der Waals surface area contributed by atoms with E-state index in [0.29, 0.717) is 13.2 Å². The normalized spacial score (nSPS) is 27.7. The van der Waals surface area contributed by atoms with E-state index in [4.69, 9.17) is 4.74 Å². The maximum atomic E-state index is 13.0. The van der Waals surface area contributed by atoms with Gasteiger partial charge in [0.25, 0.3) is 0 Å². The molecule has 0 bridgehead atoms. The maximum absolute atomic E-state index is 13.0. The van der Waals surface area contributed by atoms with Crippen LogP contribution in [0.3, 0.4) is 0 Å². The molecule has 4 rings (SSSR count). The number of carbonyl (C=O) groups excluding carboxylic acids is 1. The fourth-order valence-corrected chi connectivity index (χ4v) is 4.92. The van der Waals surface area contributed by atoms with Gasteiger partial charge < -0.3 is 14.7 Å². The minimum Gasteiger partial charge on any atom is -0.394 e. The molecule has 2 saturated heterocycles. The SMILES string of the molecule is N#C[C@H]1[C@@H](c2ccccc2C2=CCCCC2)[C@H](CO)N1C(=O)CN1CCOCC1. The zero-order chi connectivity index (χ0) is 20.2. The van der Waals surface area contributed by atoms with Crippen LogP contribution in [0.4, 0.5) is 0 Å². The molecule has 2 fully saturated rings. The van der Waals surface area contributed by atoms with Gasteiger partial charge in [-0.05, 0) is 42.4 Å². The molecule has 1 aromatic carbocycles. The van der Waals surface area contributed by atoms with Gasteiger partial charge in [-0.15, -0.1) is 0 Å². The van der Waals surface area contributed by atoms with Crippen molar-refractivity contribution in [2.24, 2.45) is 0 Å². The van der Waals surface area contributed by atoms with E-state index in [1.54, 1.807) is 4.90 Å². The van der Waals surface area contributed by atoms with Crippen molar-refractivity contribution >= 4 is 11.5 Å². The van der Waals surface area contributed by atoms with E-state index in [1.165, 1.54) is 24.0 Å². The van der Waals surface area contributed by atoms with Gasteiger partial charge in [0, 0.05) is 19.0 Å². The van der Waals surface area contributed by atoms with Crippen molar-refractivity contribution in [3.05, 3.63) is 41.5 Å². The Hall–Kier alpha value is -2.20. The van der Waals surface area contributed by atoms with Crippen LogP contribution in [0, 0.1) is 11.3 Å². The number of rotatable bonds is 5. The van der Waals surface area contributed by atoms with Crippen molar-refractivity contribution in [2.45, 2.75) is 43.7 Å². The summed E-state index contributed by atoms with van der Waals surface area (Å²) in [6, 6.07) is 9.66. The molecule has 154 valence electrons. The Labute approximate surface area is 172 Å². The van der Waals surface area contributed by atoms with Crippen LogP contribution in [0.25, 0.3) is 5.57 Å². The fourth-order valence-electron chi connectivity index (χ4n) is 4.92. The van der Waals surface area contributed by atoms with Crippen molar-refractivity contribution < 1.29 is 14.6 Å². The highest BCUT2D eigenvalue weighted by molar-refractivity contribution is 5.81. The number of nitriles is 1. The number of carbonyl (C=O) groups is 1. The average Bonchev–Trinajstić information content (AvgIpc) is 2.75. The lowest BCUT2D eigenvalue weighted by atomic mass is 9.72. The fraction of sp³-hybridized carbons (Fsp3) is 0.565. The van der Waals surface area contributed by atoms with Crippen LogP contribution in [0.2, 0.25) is 0 Å². The summed E-state index contributed by atoms with van der Waals surface area (Å²) in [5.41, 5.74) is 3.59. The molecule has 29 heavy (non-hydrogen) atoms. The lowest BCUT2D eigenvalue weighted by Gasteiger charge is -2.52. The monoisotopic (exact) mass is 395 g/mol. The van der Waals surface area contributed by atoms with Crippen molar-refractivity contribution in [1.29, 1.82) is 5.26 Å². The van der Waals surface area contributed by atoms with Crippen molar-refractivity contribution in [3.8, 4) is 6.07 Å². The molecule has 3 atom stereocenters. The van der Waals surface area contributed by atoms with Crippen LogP contribution in [-0.2, 0) is 9.53 Å². The van der Waals surface area contributed by atoms with Gasteiger partial charge in [0.05, 0.1) is 38.5 Å². The predicted octanol–water partition coefficient (Wildman–Crippen LogP) is 2.16. The van der Waals surface area contributed by atoms with Gasteiger partial charge in [0.2, 0.25) is 5.91 Å². The lowest BCUT2D eigenvalue weighted by molar-refractivity contribution is -0.149. The topological polar surface area (TPSA) is 76.8 Å². The van der Waals surface area contributed by atoms with Crippen LogP contribution in [0.15, 0.2) is 30.3 Å². The van der Waals surface area contributed by atoms with Crippen LogP contribution in [0.1, 0.15) is 42.7 Å². The molecule has 1 aliphatic carbocycles. The van der Waals surface area contributed by atoms with Crippen LogP contribution in [0.5, 0.6) is 0 Å². The van der Waals surface area contributed by atoms with Crippen LogP contribution in [-0.4, -0.2) is 72.4 Å². The van der Waals surface area contributed by atoms with E-state index in [0.717, 1.165) is 31.5 Å². The van der Waals surface area contributed by atoms with E-state index < -0.39 is 6.04 Å². The molecule has 3 aliphatic rings. The molecule has 2 heterocycles. The zero-order valence-electron chi connectivity index (χ0n) is 16.8. The molecule has 0 radical (unpaired) electrons. The van der Waals surface area contributed by atoms with Crippen molar-refractivity contribution in [3.63, 3.8) is 0 Å². The summed E-state index contributed by atoms with van der Waals surface area (Å²) in [5.74, 6) is -0.235. The van der Waals surface area contributed by atoms with Crippen molar-refractivity contribution in [2.75, 3.05) is 39.5 Å². The summed E-state index contributed by atoms with van der Waals surface area (Å²) in [6.45, 7) is 2.84. The molecule has 1 N–H and O–H groups in total. The molecule has 1 amide bonds. The number of nitrogens with zero attached hydrogens (tertiary/aromatic N) is 3. The number of benzene rings is 1. The largest absolute Gasteiger partial charge is 0.394 e. The first-order chi connectivity index (χ1) is 14.2. The number of allylic oxidation sites excluding steroid dienone is 2. The Kier molecular flexibility index (Phi) is 6.29. The van der Waals surface area contributed by atoms with E-state index in [-0.39, 0.29) is 31.0 Å². The maximum Gasteiger partial charge on any atom is 0.238 e. The minimum atomic E-state index is -0.536. The summed E-state index contributed by atoms with van der Waals surface area (Å²) in [5, 5.41) is 20.0. The van der Waals surface area contributed by atoms with Gasteiger partial charge in [0.1, 0.15) is 6.04 Å². The third-order valence-corrected chi connectivity index (χ3v) is 6.44. The summed E-state index contributed by atoms with van der Waals surface area (Å²) in [4.78, 5) is 16.6. The zero-order valence-corrected chi connectivity index (χ0v) is 16.8. The second-order valence-electron chi connectivity index (χ2n) is 8.10. The molecule has 2 aliphatic heterocycles. The average molecular weight is 396 g/mol. The summed E-state index contributed by atoms with van der Waals surface area (Å²) >= 11 is 0. The van der Waals surface area contributed by atoms with Gasteiger partial charge in [-0.1, -0.05) is 30.3 Å². The van der Waals surface area contributed by atoms with Gasteiger partial charge >= 0.3 is 0 Å². The third-order valence-electron chi connectivity index (χ3n) is 6.44. The first-order valence-electron chi connectivity index (χ1n) is 10.6. The van der Waals surface area contributed by atoms with Gasteiger partial charge in [-0.2, -0.15) is 5.26 Å². The van der Waals surface area contributed by atoms with Crippen molar-refractivity contribution in [1.82, 2.24) is 9.80 Å². The highest BCUT2D eigenvalue weighted by Gasteiger charge is 2.52. The Bertz CT molecular complexity index is 810. The lowest BCUT2D eigenvalue weighted by Crippen LogP contribution is -2.66. The van der Waals surface area contributed by atoms with E-state index in [2.05, 4.69) is 29.2 Å². The highest BCUT2D eigenvalue weighted by Crippen LogP contribution is 2.44. The number of hydrogen-bond donors (Lipinski definition) is 1. The summed E-state index contributed by atoms with van der Waals surface area (Å²) < 4.78 is 5.35. The number of hydrogen-bond acceptors (Lipinski definition) is 5. The van der Waals surface area contributed by atoms with E-state index in [1.807, 2.05) is 12.1 Å². The van der Waals surface area contributed by atoms with Gasteiger partial charge in [-0.3, -0.25) is 9.69 Å². The Balaban J connectivity index is 1.57. The Morgan fingerprint density at radius 1 is 1.24 bits per heavy atom. The molecular formula is C23H29N3O3. The second-order valence-corrected chi connectivity index (χ2v) is 8.10. The molecular weight excluding hydrogens is 366 g/mol. The highest BCUT2D eigenvalue weighted by atomic mass is 16.5. The number of aliphatic hydroxyl groups is 1.